The van der Waals surface area contributed by atoms with Gasteiger partial charge in [-0.05, 0) is 24.0 Å². The van der Waals surface area contributed by atoms with Crippen LogP contribution in [0.25, 0.3) is 0 Å². The topological polar surface area (TPSA) is 42.6 Å². The van der Waals surface area contributed by atoms with Gasteiger partial charge in [0.2, 0.25) is 0 Å². The summed E-state index contributed by atoms with van der Waals surface area (Å²) < 4.78 is 10.4. The van der Waals surface area contributed by atoms with E-state index in [9.17, 15) is 5.11 Å². The van der Waals surface area contributed by atoms with Crippen molar-refractivity contribution >= 4 is 0 Å². The normalized spacial score (nSPS) is 29.3. The summed E-state index contributed by atoms with van der Waals surface area (Å²) in [5.74, 6) is 0.455. The zero-order valence-corrected chi connectivity index (χ0v) is 8.35. The predicted molar refractivity (Wildman–Crippen MR) is 51.9 cm³/mol. The minimum Gasteiger partial charge on any atom is -0.472 e. The van der Waals surface area contributed by atoms with Crippen LogP contribution < -0.4 is 0 Å². The van der Waals surface area contributed by atoms with Crippen molar-refractivity contribution in [3.05, 3.63) is 24.2 Å². The van der Waals surface area contributed by atoms with Crippen LogP contribution in [0.5, 0.6) is 0 Å². The molecule has 0 amide bonds. The van der Waals surface area contributed by atoms with E-state index >= 15 is 0 Å². The molecule has 78 valence electrons. The van der Waals surface area contributed by atoms with Crippen molar-refractivity contribution in [1.29, 1.82) is 0 Å². The Kier molecular flexibility index (Phi) is 2.89. The monoisotopic (exact) mass is 196 g/mol. The second kappa shape index (κ2) is 4.15. The summed E-state index contributed by atoms with van der Waals surface area (Å²) in [6, 6.07) is 1.88. The largest absolute Gasteiger partial charge is 0.472 e. The Morgan fingerprint density at radius 3 is 3.07 bits per heavy atom. The third-order valence-corrected chi connectivity index (χ3v) is 2.85. The molecule has 1 saturated heterocycles. The number of hydrogen-bond acceptors (Lipinski definition) is 3. The Bertz CT molecular complexity index is 268. The van der Waals surface area contributed by atoms with Gasteiger partial charge in [0.05, 0.1) is 24.7 Å². The summed E-state index contributed by atoms with van der Waals surface area (Å²) in [7, 11) is 0. The first-order chi connectivity index (χ1) is 6.77. The number of rotatable bonds is 3. The number of ether oxygens (including phenoxy) is 1. The molecule has 3 heteroatoms. The molecule has 1 aliphatic heterocycles. The maximum absolute atomic E-state index is 9.92. The molecule has 0 aromatic carbocycles. The molecule has 1 fully saturated rings. The SMILES string of the molecule is CC1CCOC1C(O)Cc1ccoc1. The smallest absolute Gasteiger partial charge is 0.0935 e. The van der Waals surface area contributed by atoms with E-state index < -0.39 is 6.10 Å². The van der Waals surface area contributed by atoms with E-state index in [0.29, 0.717) is 12.3 Å². The number of aliphatic hydroxyl groups is 1. The molecule has 1 aromatic heterocycles. The Morgan fingerprint density at radius 1 is 1.64 bits per heavy atom. The third kappa shape index (κ3) is 1.99. The zero-order chi connectivity index (χ0) is 9.97. The van der Waals surface area contributed by atoms with E-state index in [1.165, 1.54) is 0 Å². The Labute approximate surface area is 83.7 Å². The molecule has 1 aromatic rings. The number of hydrogen-bond donors (Lipinski definition) is 1. The molecule has 1 N–H and O–H groups in total. The van der Waals surface area contributed by atoms with E-state index in [2.05, 4.69) is 6.92 Å². The van der Waals surface area contributed by atoms with Crippen molar-refractivity contribution in [1.82, 2.24) is 0 Å². The highest BCUT2D eigenvalue weighted by molar-refractivity contribution is 5.07. The highest BCUT2D eigenvalue weighted by atomic mass is 16.5. The van der Waals surface area contributed by atoms with Crippen LogP contribution in [0.1, 0.15) is 18.9 Å². The third-order valence-electron chi connectivity index (χ3n) is 2.85. The van der Waals surface area contributed by atoms with Crippen molar-refractivity contribution in [3.63, 3.8) is 0 Å². The van der Waals surface area contributed by atoms with Crippen LogP contribution in [0.15, 0.2) is 23.0 Å². The molecule has 2 rings (SSSR count). The van der Waals surface area contributed by atoms with Crippen LogP contribution >= 0.6 is 0 Å². The lowest BCUT2D eigenvalue weighted by Crippen LogP contribution is -2.31. The van der Waals surface area contributed by atoms with Crippen LogP contribution in [0.4, 0.5) is 0 Å². The minimum atomic E-state index is -0.412. The second-order valence-corrected chi connectivity index (χ2v) is 4.00. The summed E-state index contributed by atoms with van der Waals surface area (Å²) in [4.78, 5) is 0. The van der Waals surface area contributed by atoms with Gasteiger partial charge < -0.3 is 14.3 Å². The van der Waals surface area contributed by atoms with Gasteiger partial charge >= 0.3 is 0 Å². The summed E-state index contributed by atoms with van der Waals surface area (Å²) in [6.45, 7) is 2.89. The molecular formula is C11H16O3. The van der Waals surface area contributed by atoms with Crippen LogP contribution in [-0.4, -0.2) is 23.9 Å². The van der Waals surface area contributed by atoms with Crippen molar-refractivity contribution in [2.75, 3.05) is 6.61 Å². The minimum absolute atomic E-state index is 0.00935. The molecule has 0 saturated carbocycles. The molecule has 0 bridgehead atoms. The van der Waals surface area contributed by atoms with Gasteiger partial charge in [0.1, 0.15) is 0 Å². The summed E-state index contributed by atoms with van der Waals surface area (Å²) in [5.41, 5.74) is 1.03. The molecule has 14 heavy (non-hydrogen) atoms. The van der Waals surface area contributed by atoms with Gasteiger partial charge in [-0.1, -0.05) is 6.92 Å². The Morgan fingerprint density at radius 2 is 2.50 bits per heavy atom. The van der Waals surface area contributed by atoms with Crippen molar-refractivity contribution in [2.24, 2.45) is 5.92 Å². The molecule has 1 aliphatic rings. The highest BCUT2D eigenvalue weighted by Crippen LogP contribution is 2.24. The van der Waals surface area contributed by atoms with Gasteiger partial charge in [-0.15, -0.1) is 0 Å². The molecule has 2 heterocycles. The van der Waals surface area contributed by atoms with Gasteiger partial charge in [-0.2, -0.15) is 0 Å². The molecule has 3 unspecified atom stereocenters. The quantitative estimate of drug-likeness (QED) is 0.798. The standard InChI is InChI=1S/C11H16O3/c1-8-2-5-14-11(8)10(12)6-9-3-4-13-7-9/h3-4,7-8,10-12H,2,5-6H2,1H3. The van der Waals surface area contributed by atoms with E-state index in [0.717, 1.165) is 18.6 Å². The zero-order valence-electron chi connectivity index (χ0n) is 8.35. The van der Waals surface area contributed by atoms with Crippen LogP contribution in [-0.2, 0) is 11.2 Å². The van der Waals surface area contributed by atoms with Crippen LogP contribution in [0, 0.1) is 5.92 Å². The van der Waals surface area contributed by atoms with Gasteiger partial charge in [-0.3, -0.25) is 0 Å². The van der Waals surface area contributed by atoms with Crippen molar-refractivity contribution in [3.8, 4) is 0 Å². The van der Waals surface area contributed by atoms with Crippen molar-refractivity contribution < 1.29 is 14.3 Å². The summed E-state index contributed by atoms with van der Waals surface area (Å²) in [5, 5.41) is 9.92. The molecule has 0 spiro atoms. The maximum atomic E-state index is 9.92. The summed E-state index contributed by atoms with van der Waals surface area (Å²) in [6.07, 6.45) is 4.54. The lowest BCUT2D eigenvalue weighted by molar-refractivity contribution is -0.0158. The fourth-order valence-corrected chi connectivity index (χ4v) is 1.98. The van der Waals surface area contributed by atoms with Gasteiger partial charge in [-0.25, -0.2) is 0 Å². The first-order valence-corrected chi connectivity index (χ1v) is 5.08. The predicted octanol–water partition coefficient (Wildman–Crippen LogP) is 1.61. The Balaban J connectivity index is 1.92. The average Bonchev–Trinajstić information content (AvgIpc) is 2.75. The van der Waals surface area contributed by atoms with E-state index in [4.69, 9.17) is 9.15 Å². The van der Waals surface area contributed by atoms with Gasteiger partial charge in [0.25, 0.3) is 0 Å². The second-order valence-electron chi connectivity index (χ2n) is 4.00. The van der Waals surface area contributed by atoms with E-state index in [1.807, 2.05) is 6.07 Å². The van der Waals surface area contributed by atoms with Crippen LogP contribution in [0.3, 0.4) is 0 Å². The molecule has 0 aliphatic carbocycles. The number of furan rings is 1. The lowest BCUT2D eigenvalue weighted by Gasteiger charge is -2.20. The fraction of sp³-hybridized carbons (Fsp3) is 0.636. The highest BCUT2D eigenvalue weighted by Gasteiger charge is 2.30. The van der Waals surface area contributed by atoms with Crippen molar-refractivity contribution in [2.45, 2.75) is 32.0 Å². The van der Waals surface area contributed by atoms with E-state index in [1.54, 1.807) is 12.5 Å². The fourth-order valence-electron chi connectivity index (χ4n) is 1.98. The first-order valence-electron chi connectivity index (χ1n) is 5.08. The number of aliphatic hydroxyl groups excluding tert-OH is 1. The average molecular weight is 196 g/mol. The molecule has 0 radical (unpaired) electrons. The lowest BCUT2D eigenvalue weighted by atomic mass is 9.96. The first kappa shape index (κ1) is 9.74. The molecule has 3 atom stereocenters. The van der Waals surface area contributed by atoms with Gasteiger partial charge in [0.15, 0.2) is 0 Å². The molecular weight excluding hydrogens is 180 g/mol. The van der Waals surface area contributed by atoms with E-state index in [-0.39, 0.29) is 6.10 Å². The molecule has 3 nitrogen and oxygen atoms in total. The Hall–Kier alpha value is -0.800. The maximum Gasteiger partial charge on any atom is 0.0935 e. The van der Waals surface area contributed by atoms with Crippen LogP contribution in [0.2, 0.25) is 0 Å². The van der Waals surface area contributed by atoms with Gasteiger partial charge in [0, 0.05) is 13.0 Å². The summed E-state index contributed by atoms with van der Waals surface area (Å²) >= 11 is 0.